The molecule has 12 nitrogen and oxygen atoms in total. The van der Waals surface area contributed by atoms with Crippen LogP contribution in [-0.4, -0.2) is 97.5 Å². The third-order valence-corrected chi connectivity index (χ3v) is 14.0. The van der Waals surface area contributed by atoms with E-state index in [-0.39, 0.29) is 19.6 Å². The van der Waals surface area contributed by atoms with E-state index < -0.39 is 59.8 Å². The van der Waals surface area contributed by atoms with Crippen LogP contribution in [0.1, 0.15) is 271 Å². The predicted octanol–water partition coefficient (Wildman–Crippen LogP) is 14.3. The number of aliphatic hydroxyl groups excluding tert-OH is 3. The van der Waals surface area contributed by atoms with Gasteiger partial charge in [-0.05, 0) is 44.9 Å². The Morgan fingerprint density at radius 2 is 0.943 bits per heavy atom. The molecule has 0 amide bonds. The molecule has 0 aromatic carbocycles. The minimum atomic E-state index is -5.06. The van der Waals surface area contributed by atoms with Crippen molar-refractivity contribution in [2.45, 2.75) is 307 Å². The van der Waals surface area contributed by atoms with Gasteiger partial charge in [-0.3, -0.25) is 9.35 Å². The van der Waals surface area contributed by atoms with Crippen LogP contribution in [0, 0.1) is 0 Å². The van der Waals surface area contributed by atoms with Crippen LogP contribution in [0.2, 0.25) is 0 Å². The summed E-state index contributed by atoms with van der Waals surface area (Å²) in [6.07, 6.45) is 49.3. The van der Waals surface area contributed by atoms with Crippen molar-refractivity contribution in [2.75, 3.05) is 26.4 Å². The highest BCUT2D eigenvalue weighted by Crippen LogP contribution is 2.26. The molecule has 0 aromatic rings. The minimum absolute atomic E-state index is 0.0414. The van der Waals surface area contributed by atoms with E-state index in [9.17, 15) is 33.1 Å². The van der Waals surface area contributed by atoms with Gasteiger partial charge in [0.25, 0.3) is 0 Å². The summed E-state index contributed by atoms with van der Waals surface area (Å²) in [7, 11) is -5.06. The number of carbonyl (C=O) groups is 1. The van der Waals surface area contributed by atoms with Crippen LogP contribution in [0.5, 0.6) is 0 Å². The summed E-state index contributed by atoms with van der Waals surface area (Å²) in [5.41, 5.74) is 0. The SMILES string of the molecule is CCCCCCC/C=C\C/C=C\CCCCCCCCCCCCCCCC(=O)OC(COCCCCCCCCCCCCCCCCCCCC)COC1OC(CO)C(O)C(OS(=O)(=O)O)C1O. The van der Waals surface area contributed by atoms with Crippen LogP contribution in [-0.2, 0) is 38.3 Å². The Morgan fingerprint density at radius 1 is 0.543 bits per heavy atom. The average molecular weight is 1020 g/mol. The normalized spacial score (nSPS) is 19.2. The van der Waals surface area contributed by atoms with Gasteiger partial charge in [-0.25, -0.2) is 4.18 Å². The molecule has 1 fully saturated rings. The lowest BCUT2D eigenvalue weighted by Gasteiger charge is -2.41. The van der Waals surface area contributed by atoms with Crippen LogP contribution >= 0.6 is 0 Å². The van der Waals surface area contributed by atoms with Crippen LogP contribution in [0.3, 0.4) is 0 Å². The van der Waals surface area contributed by atoms with E-state index in [0.717, 1.165) is 44.9 Å². The summed E-state index contributed by atoms with van der Waals surface area (Å²) in [5, 5.41) is 30.8. The summed E-state index contributed by atoms with van der Waals surface area (Å²) in [5.74, 6) is -0.394. The van der Waals surface area contributed by atoms with Crippen LogP contribution in [0.15, 0.2) is 24.3 Å². The van der Waals surface area contributed by atoms with Crippen LogP contribution in [0.4, 0.5) is 0 Å². The molecule has 70 heavy (non-hydrogen) atoms. The Hall–Kier alpha value is -1.42. The Morgan fingerprint density at radius 3 is 1.36 bits per heavy atom. The molecule has 1 rings (SSSR count). The Bertz CT molecular complexity index is 1310. The highest BCUT2D eigenvalue weighted by molar-refractivity contribution is 7.80. The lowest BCUT2D eigenvalue weighted by atomic mass is 9.99. The molecule has 6 unspecified atom stereocenters. The third kappa shape index (κ3) is 41.0. The average Bonchev–Trinajstić information content (AvgIpc) is 3.34. The minimum Gasteiger partial charge on any atom is -0.457 e. The van der Waals surface area contributed by atoms with E-state index in [1.54, 1.807) is 0 Å². The molecule has 0 bridgehead atoms. The molecule has 414 valence electrons. The summed E-state index contributed by atoms with van der Waals surface area (Å²) in [6.45, 7) is 4.04. The molecule has 6 atom stereocenters. The van der Waals surface area contributed by atoms with Gasteiger partial charge in [-0.15, -0.1) is 0 Å². The van der Waals surface area contributed by atoms with Gasteiger partial charge < -0.3 is 34.3 Å². The number of carbonyl (C=O) groups excluding carboxylic acids is 1. The number of aliphatic hydroxyl groups is 3. The standard InChI is InChI=1S/C57H108O12S/c1-3-5-7-9-11-13-15-17-19-21-23-24-25-26-27-28-29-30-32-34-36-38-40-42-44-46-53(59)67-51(50-66-57-55(61)56(69-70(62,63)64)54(60)52(48-58)68-57)49-65-47-45-43-41-39-37-35-33-31-22-20-18-16-14-12-10-8-6-4-2/h15,17,21,23,51-52,54-58,60-61H,3-14,16,18-20,22,24-50H2,1-2H3,(H,62,63,64)/b17-15-,23-21-. The van der Waals surface area contributed by atoms with Gasteiger partial charge in [0.15, 0.2) is 6.29 Å². The number of esters is 1. The molecule has 0 radical (unpaired) electrons. The summed E-state index contributed by atoms with van der Waals surface area (Å²) >= 11 is 0. The van der Waals surface area contributed by atoms with Crippen molar-refractivity contribution >= 4 is 16.4 Å². The summed E-state index contributed by atoms with van der Waals surface area (Å²) < 4.78 is 59.4. The molecule has 1 aliphatic rings. The highest BCUT2D eigenvalue weighted by atomic mass is 32.3. The van der Waals surface area contributed by atoms with Crippen molar-refractivity contribution in [3.8, 4) is 0 Å². The number of rotatable bonds is 52. The van der Waals surface area contributed by atoms with Gasteiger partial charge in [-0.1, -0.05) is 244 Å². The molecule has 0 aliphatic carbocycles. The zero-order valence-electron chi connectivity index (χ0n) is 44.8. The van der Waals surface area contributed by atoms with E-state index in [0.29, 0.717) is 13.0 Å². The van der Waals surface area contributed by atoms with E-state index in [1.165, 1.54) is 199 Å². The van der Waals surface area contributed by atoms with Crippen LogP contribution in [0.25, 0.3) is 0 Å². The van der Waals surface area contributed by atoms with Crippen LogP contribution < -0.4 is 0 Å². The molecule has 1 aliphatic heterocycles. The summed E-state index contributed by atoms with van der Waals surface area (Å²) in [6, 6.07) is 0. The molecule has 4 N–H and O–H groups in total. The first kappa shape index (κ1) is 66.6. The molecule has 1 saturated heterocycles. The number of unbranched alkanes of at least 4 members (excludes halogenated alkanes) is 35. The maximum Gasteiger partial charge on any atom is 0.397 e. The first-order valence-corrected chi connectivity index (χ1v) is 30.5. The fourth-order valence-electron chi connectivity index (χ4n) is 9.18. The zero-order chi connectivity index (χ0) is 51.0. The Balaban J connectivity index is 2.27. The van der Waals surface area contributed by atoms with Gasteiger partial charge in [0.1, 0.15) is 30.5 Å². The first-order chi connectivity index (χ1) is 34.1. The fourth-order valence-corrected chi connectivity index (χ4v) is 9.69. The van der Waals surface area contributed by atoms with E-state index in [4.69, 9.17) is 18.9 Å². The maximum atomic E-state index is 13.0. The van der Waals surface area contributed by atoms with Gasteiger partial charge in [0, 0.05) is 13.0 Å². The highest BCUT2D eigenvalue weighted by Gasteiger charge is 2.48. The molecule has 0 saturated carbocycles. The largest absolute Gasteiger partial charge is 0.457 e. The maximum absolute atomic E-state index is 13.0. The molecule has 1 heterocycles. The summed E-state index contributed by atoms with van der Waals surface area (Å²) in [4.78, 5) is 13.0. The second-order valence-corrected chi connectivity index (χ2v) is 21.3. The van der Waals surface area contributed by atoms with Crippen molar-refractivity contribution in [1.82, 2.24) is 0 Å². The van der Waals surface area contributed by atoms with Gasteiger partial charge in [0.2, 0.25) is 0 Å². The quantitative estimate of drug-likeness (QED) is 0.0196. The molecule has 13 heteroatoms. The monoisotopic (exact) mass is 1020 g/mol. The van der Waals surface area contributed by atoms with Crippen molar-refractivity contribution in [1.29, 1.82) is 0 Å². The molecular weight excluding hydrogens is 909 g/mol. The topological polar surface area (TPSA) is 178 Å². The van der Waals surface area contributed by atoms with Crippen molar-refractivity contribution in [3.05, 3.63) is 24.3 Å². The van der Waals surface area contributed by atoms with Crippen molar-refractivity contribution in [3.63, 3.8) is 0 Å². The zero-order valence-corrected chi connectivity index (χ0v) is 45.7. The van der Waals surface area contributed by atoms with Gasteiger partial charge >= 0.3 is 16.4 Å². The molecular formula is C57H108O12S. The first-order valence-electron chi connectivity index (χ1n) is 29.1. The third-order valence-electron chi connectivity index (χ3n) is 13.6. The Labute approximate surface area is 429 Å². The fraction of sp³-hybridized carbons (Fsp3) is 0.912. The Kier molecular flexibility index (Phi) is 46.2. The predicted molar refractivity (Wildman–Crippen MR) is 285 cm³/mol. The number of hydrogen-bond donors (Lipinski definition) is 4. The van der Waals surface area contributed by atoms with Crippen molar-refractivity contribution in [2.24, 2.45) is 0 Å². The van der Waals surface area contributed by atoms with Crippen molar-refractivity contribution < 1.29 is 56.2 Å². The lowest BCUT2D eigenvalue weighted by molar-refractivity contribution is -0.301. The number of ether oxygens (including phenoxy) is 4. The van der Waals surface area contributed by atoms with E-state index >= 15 is 0 Å². The van der Waals surface area contributed by atoms with Gasteiger partial charge in [-0.2, -0.15) is 8.42 Å². The number of hydrogen-bond acceptors (Lipinski definition) is 11. The molecule has 0 spiro atoms. The molecule has 0 aromatic heterocycles. The van der Waals surface area contributed by atoms with Gasteiger partial charge in [0.05, 0.1) is 19.8 Å². The number of allylic oxidation sites excluding steroid dienone is 4. The lowest BCUT2D eigenvalue weighted by Crippen LogP contribution is -2.60. The van der Waals surface area contributed by atoms with E-state index in [1.807, 2.05) is 0 Å². The second-order valence-electron chi connectivity index (χ2n) is 20.2. The smallest absolute Gasteiger partial charge is 0.397 e. The second kappa shape index (κ2) is 48.5. The van der Waals surface area contributed by atoms with E-state index in [2.05, 4.69) is 42.3 Å².